The van der Waals surface area contributed by atoms with Gasteiger partial charge in [-0.1, -0.05) is 13.8 Å². The van der Waals surface area contributed by atoms with E-state index in [0.29, 0.717) is 12.0 Å². The van der Waals surface area contributed by atoms with E-state index < -0.39 is 5.60 Å². The summed E-state index contributed by atoms with van der Waals surface area (Å²) < 4.78 is 0. The van der Waals surface area contributed by atoms with E-state index in [1.165, 1.54) is 0 Å². The van der Waals surface area contributed by atoms with Crippen LogP contribution in [-0.2, 0) is 4.79 Å². The van der Waals surface area contributed by atoms with Crippen LogP contribution in [0.3, 0.4) is 0 Å². The zero-order valence-corrected chi connectivity index (χ0v) is 14.0. The highest BCUT2D eigenvalue weighted by Gasteiger charge is 2.36. The predicted molar refractivity (Wildman–Crippen MR) is 82.6 cm³/mol. The molecule has 1 aliphatic rings. The summed E-state index contributed by atoms with van der Waals surface area (Å²) >= 11 is 0. The van der Waals surface area contributed by atoms with Crippen LogP contribution in [0.25, 0.3) is 0 Å². The van der Waals surface area contributed by atoms with Gasteiger partial charge in [-0.15, -0.1) is 0 Å². The van der Waals surface area contributed by atoms with Crippen molar-refractivity contribution in [1.82, 2.24) is 10.6 Å². The maximum absolute atomic E-state index is 12.0. The fraction of sp³-hybridized carbons (Fsp3) is 0.938. The molecule has 20 heavy (non-hydrogen) atoms. The second kappa shape index (κ2) is 6.02. The number of rotatable bonds is 4. The maximum Gasteiger partial charge on any atom is 0.237 e. The Morgan fingerprint density at radius 2 is 1.70 bits per heavy atom. The first-order valence-electron chi connectivity index (χ1n) is 7.70. The first-order valence-corrected chi connectivity index (χ1v) is 7.70. The molecular formula is C16H32N2O2. The van der Waals surface area contributed by atoms with Gasteiger partial charge in [0.2, 0.25) is 5.91 Å². The number of aliphatic hydroxyl groups is 1. The van der Waals surface area contributed by atoms with Crippen LogP contribution in [0.2, 0.25) is 0 Å². The number of hydrogen-bond donors (Lipinski definition) is 3. The van der Waals surface area contributed by atoms with Gasteiger partial charge in [0.05, 0.1) is 11.6 Å². The predicted octanol–water partition coefficient (Wildman–Crippen LogP) is 2.21. The van der Waals surface area contributed by atoms with Gasteiger partial charge in [0.15, 0.2) is 0 Å². The molecule has 1 aliphatic carbocycles. The normalized spacial score (nSPS) is 23.1. The minimum absolute atomic E-state index is 0.0164. The van der Waals surface area contributed by atoms with Gasteiger partial charge < -0.3 is 15.7 Å². The highest BCUT2D eigenvalue weighted by molar-refractivity contribution is 5.81. The molecule has 0 spiro atoms. The molecule has 118 valence electrons. The lowest BCUT2D eigenvalue weighted by Gasteiger charge is -2.40. The van der Waals surface area contributed by atoms with E-state index in [1.54, 1.807) is 0 Å². The number of hydrogen-bond acceptors (Lipinski definition) is 3. The van der Waals surface area contributed by atoms with Crippen LogP contribution in [0.15, 0.2) is 0 Å². The van der Waals surface area contributed by atoms with Crippen molar-refractivity contribution in [3.8, 4) is 0 Å². The minimum Gasteiger partial charge on any atom is -0.389 e. The first-order chi connectivity index (χ1) is 8.93. The third kappa shape index (κ3) is 5.80. The standard InChI is InChI=1S/C16H32N2O2/c1-12(13(19)18-14(2,3)4)17-11-16(20)9-7-15(5,6)8-10-16/h12,17,20H,7-11H2,1-6H3,(H,18,19). The van der Waals surface area contributed by atoms with Crippen LogP contribution in [-0.4, -0.2) is 34.7 Å². The average Bonchev–Trinajstić information content (AvgIpc) is 2.29. The van der Waals surface area contributed by atoms with Gasteiger partial charge in [-0.25, -0.2) is 0 Å². The smallest absolute Gasteiger partial charge is 0.237 e. The van der Waals surface area contributed by atoms with Crippen LogP contribution >= 0.6 is 0 Å². The van der Waals surface area contributed by atoms with Crippen molar-refractivity contribution >= 4 is 5.91 Å². The van der Waals surface area contributed by atoms with E-state index in [1.807, 2.05) is 27.7 Å². The molecule has 4 nitrogen and oxygen atoms in total. The van der Waals surface area contributed by atoms with Crippen LogP contribution in [0.1, 0.15) is 67.2 Å². The van der Waals surface area contributed by atoms with Crippen molar-refractivity contribution in [2.24, 2.45) is 5.41 Å². The van der Waals surface area contributed by atoms with E-state index >= 15 is 0 Å². The molecule has 0 saturated heterocycles. The Labute approximate surface area is 123 Å². The number of nitrogens with one attached hydrogen (secondary N) is 2. The third-order valence-electron chi connectivity index (χ3n) is 4.16. The molecule has 1 amide bonds. The lowest BCUT2D eigenvalue weighted by molar-refractivity contribution is -0.124. The maximum atomic E-state index is 12.0. The van der Waals surface area contributed by atoms with Crippen LogP contribution in [0.5, 0.6) is 0 Å². The van der Waals surface area contributed by atoms with Crippen LogP contribution < -0.4 is 10.6 Å². The molecule has 0 bridgehead atoms. The lowest BCUT2D eigenvalue weighted by atomic mass is 9.71. The zero-order chi connectivity index (χ0) is 15.6. The van der Waals surface area contributed by atoms with Gasteiger partial charge in [-0.05, 0) is 58.8 Å². The molecule has 4 heteroatoms. The summed E-state index contributed by atoms with van der Waals surface area (Å²) in [4.78, 5) is 12.0. The topological polar surface area (TPSA) is 61.4 Å². The van der Waals surface area contributed by atoms with Gasteiger partial charge >= 0.3 is 0 Å². The molecule has 0 aromatic rings. The molecule has 1 rings (SSSR count). The largest absolute Gasteiger partial charge is 0.389 e. The lowest BCUT2D eigenvalue weighted by Crippen LogP contribution is -2.53. The second-order valence-electron chi connectivity index (χ2n) is 8.23. The fourth-order valence-corrected chi connectivity index (χ4v) is 2.48. The quantitative estimate of drug-likeness (QED) is 0.742. The summed E-state index contributed by atoms with van der Waals surface area (Å²) in [5.74, 6) is -0.0164. The molecule has 3 N–H and O–H groups in total. The number of amides is 1. The zero-order valence-electron chi connectivity index (χ0n) is 14.0. The molecule has 0 radical (unpaired) electrons. The minimum atomic E-state index is -0.661. The summed E-state index contributed by atoms with van der Waals surface area (Å²) in [6.07, 6.45) is 3.68. The molecule has 1 atom stereocenters. The van der Waals surface area contributed by atoms with Gasteiger partial charge in [0.25, 0.3) is 0 Å². The van der Waals surface area contributed by atoms with Crippen molar-refractivity contribution < 1.29 is 9.90 Å². The monoisotopic (exact) mass is 284 g/mol. The van der Waals surface area contributed by atoms with E-state index in [4.69, 9.17) is 0 Å². The summed E-state index contributed by atoms with van der Waals surface area (Å²) in [7, 11) is 0. The second-order valence-corrected chi connectivity index (χ2v) is 8.23. The highest BCUT2D eigenvalue weighted by atomic mass is 16.3. The molecule has 0 heterocycles. The van der Waals surface area contributed by atoms with E-state index in [2.05, 4.69) is 24.5 Å². The first kappa shape index (κ1) is 17.4. The Balaban J connectivity index is 2.41. The fourth-order valence-electron chi connectivity index (χ4n) is 2.48. The van der Waals surface area contributed by atoms with E-state index in [0.717, 1.165) is 25.7 Å². The molecule has 1 saturated carbocycles. The van der Waals surface area contributed by atoms with Crippen molar-refractivity contribution in [2.75, 3.05) is 6.54 Å². The summed E-state index contributed by atoms with van der Waals surface area (Å²) in [6.45, 7) is 12.7. The Morgan fingerprint density at radius 1 is 1.20 bits per heavy atom. The van der Waals surface area contributed by atoms with Crippen LogP contribution in [0, 0.1) is 5.41 Å². The van der Waals surface area contributed by atoms with Gasteiger partial charge in [0, 0.05) is 12.1 Å². The highest BCUT2D eigenvalue weighted by Crippen LogP contribution is 2.39. The Kier molecular flexibility index (Phi) is 5.25. The SMILES string of the molecule is CC(NCC1(O)CCC(C)(C)CC1)C(=O)NC(C)(C)C. The number of carbonyl (C=O) groups excluding carboxylic acids is 1. The Hall–Kier alpha value is -0.610. The Morgan fingerprint density at radius 3 is 2.15 bits per heavy atom. The van der Waals surface area contributed by atoms with Crippen molar-refractivity contribution in [3.05, 3.63) is 0 Å². The summed E-state index contributed by atoms with van der Waals surface area (Å²) in [5.41, 5.74) is -0.550. The molecule has 0 aliphatic heterocycles. The molecular weight excluding hydrogens is 252 g/mol. The molecule has 0 aromatic carbocycles. The van der Waals surface area contributed by atoms with Crippen molar-refractivity contribution in [2.45, 2.75) is 84.4 Å². The molecule has 1 unspecified atom stereocenters. The Bertz CT molecular complexity index is 335. The third-order valence-corrected chi connectivity index (χ3v) is 4.16. The summed E-state index contributed by atoms with van der Waals surface area (Å²) in [5, 5.41) is 16.7. The molecule has 1 fully saturated rings. The van der Waals surface area contributed by atoms with Gasteiger partial charge in [-0.2, -0.15) is 0 Å². The van der Waals surface area contributed by atoms with E-state index in [-0.39, 0.29) is 17.5 Å². The number of carbonyl (C=O) groups is 1. The van der Waals surface area contributed by atoms with Crippen molar-refractivity contribution in [1.29, 1.82) is 0 Å². The average molecular weight is 284 g/mol. The molecule has 0 aromatic heterocycles. The van der Waals surface area contributed by atoms with E-state index in [9.17, 15) is 9.90 Å². The van der Waals surface area contributed by atoms with Gasteiger partial charge in [0.1, 0.15) is 0 Å². The van der Waals surface area contributed by atoms with Crippen LogP contribution in [0.4, 0.5) is 0 Å². The van der Waals surface area contributed by atoms with Crippen molar-refractivity contribution in [3.63, 3.8) is 0 Å². The summed E-state index contributed by atoms with van der Waals surface area (Å²) in [6, 6.07) is -0.284. The van der Waals surface area contributed by atoms with Gasteiger partial charge in [-0.3, -0.25) is 4.79 Å².